The highest BCUT2D eigenvalue weighted by molar-refractivity contribution is 6.04. The molecule has 0 bridgehead atoms. The fourth-order valence-corrected chi connectivity index (χ4v) is 4.26. The second kappa shape index (κ2) is 7.46. The Balaban J connectivity index is 1.77. The Hall–Kier alpha value is -2.97. The minimum Gasteiger partial charge on any atom is -0.343 e. The quantitative estimate of drug-likeness (QED) is 0.783. The van der Waals surface area contributed by atoms with Crippen LogP contribution >= 0.6 is 0 Å². The van der Waals surface area contributed by atoms with E-state index in [1.165, 1.54) is 22.4 Å². The number of anilines is 2. The Morgan fingerprint density at radius 2 is 2.00 bits per heavy atom. The van der Waals surface area contributed by atoms with E-state index in [2.05, 4.69) is 15.0 Å². The van der Waals surface area contributed by atoms with Gasteiger partial charge in [0.2, 0.25) is 5.91 Å². The predicted molar refractivity (Wildman–Crippen MR) is 109 cm³/mol. The monoisotopic (exact) mass is 397 g/mol. The van der Waals surface area contributed by atoms with Gasteiger partial charge in [-0.15, -0.1) is 0 Å². The van der Waals surface area contributed by atoms with Gasteiger partial charge in [0.25, 0.3) is 11.9 Å². The molecule has 1 aliphatic carbocycles. The van der Waals surface area contributed by atoms with E-state index >= 15 is 0 Å². The zero-order valence-corrected chi connectivity index (χ0v) is 17.4. The Kier molecular flexibility index (Phi) is 4.97. The van der Waals surface area contributed by atoms with Crippen LogP contribution in [0, 0.1) is 0 Å². The van der Waals surface area contributed by atoms with Gasteiger partial charge in [-0.3, -0.25) is 9.59 Å². The van der Waals surface area contributed by atoms with Crippen molar-refractivity contribution in [3.63, 3.8) is 0 Å². The molecule has 9 nitrogen and oxygen atoms in total. The van der Waals surface area contributed by atoms with Crippen molar-refractivity contribution in [1.82, 2.24) is 24.6 Å². The van der Waals surface area contributed by atoms with Crippen LogP contribution in [0.25, 0.3) is 5.95 Å². The number of fused-ring (bicyclic) bond motifs is 1. The van der Waals surface area contributed by atoms with Gasteiger partial charge in [-0.05, 0) is 25.3 Å². The fraction of sp³-hybridized carbons (Fsp3) is 0.550. The highest BCUT2D eigenvalue weighted by Crippen LogP contribution is 2.39. The van der Waals surface area contributed by atoms with Gasteiger partial charge < -0.3 is 14.7 Å². The van der Waals surface area contributed by atoms with Crippen molar-refractivity contribution < 1.29 is 9.59 Å². The van der Waals surface area contributed by atoms with E-state index in [4.69, 9.17) is 4.98 Å². The Bertz CT molecular complexity index is 933. The topological polar surface area (TPSA) is 87.5 Å². The lowest BCUT2D eigenvalue weighted by Crippen LogP contribution is -2.55. The van der Waals surface area contributed by atoms with Crippen LogP contribution in [0.5, 0.6) is 0 Å². The number of nitrogens with zero attached hydrogens (tertiary/aromatic N) is 7. The molecule has 0 saturated heterocycles. The van der Waals surface area contributed by atoms with E-state index in [0.717, 1.165) is 25.1 Å². The third-order valence-corrected chi connectivity index (χ3v) is 5.82. The van der Waals surface area contributed by atoms with Crippen molar-refractivity contribution >= 4 is 23.3 Å². The molecular formula is C20H27N7O2. The first kappa shape index (κ1) is 19.4. The molecule has 4 rings (SSSR count). The summed E-state index contributed by atoms with van der Waals surface area (Å²) in [6.45, 7) is 2.04. The van der Waals surface area contributed by atoms with Crippen molar-refractivity contribution in [3.05, 3.63) is 24.2 Å². The largest absolute Gasteiger partial charge is 0.343 e. The SMILES string of the molecule is CCC1C(=O)N(C)c2cnc(-n3ccc(C(=O)N(C)C)n3)nc2N1C1CCCC1. The number of aromatic nitrogens is 4. The van der Waals surface area contributed by atoms with Crippen LogP contribution in [-0.4, -0.2) is 69.7 Å². The summed E-state index contributed by atoms with van der Waals surface area (Å²) in [5.41, 5.74) is 1.05. The predicted octanol–water partition coefficient (Wildman–Crippen LogP) is 1.87. The van der Waals surface area contributed by atoms with Crippen molar-refractivity contribution in [2.45, 2.75) is 51.1 Å². The second-order valence-corrected chi connectivity index (χ2v) is 7.89. The number of amides is 2. The molecule has 0 spiro atoms. The van der Waals surface area contributed by atoms with Gasteiger partial charge in [-0.1, -0.05) is 19.8 Å². The van der Waals surface area contributed by atoms with Gasteiger partial charge in [0.05, 0.1) is 6.20 Å². The maximum atomic E-state index is 13.0. The molecule has 0 N–H and O–H groups in total. The van der Waals surface area contributed by atoms with E-state index in [1.807, 2.05) is 6.92 Å². The highest BCUT2D eigenvalue weighted by atomic mass is 16.2. The summed E-state index contributed by atoms with van der Waals surface area (Å²) in [5.74, 6) is 1.07. The second-order valence-electron chi connectivity index (χ2n) is 7.89. The molecule has 9 heteroatoms. The van der Waals surface area contributed by atoms with Gasteiger partial charge in [0.15, 0.2) is 11.5 Å². The highest BCUT2D eigenvalue weighted by Gasteiger charge is 2.41. The molecule has 3 heterocycles. The Morgan fingerprint density at radius 3 is 2.66 bits per heavy atom. The summed E-state index contributed by atoms with van der Waals surface area (Å²) in [4.78, 5) is 39.7. The number of likely N-dealkylation sites (N-methyl/N-ethyl adjacent to an activating group) is 1. The number of hydrogen-bond donors (Lipinski definition) is 0. The summed E-state index contributed by atoms with van der Waals surface area (Å²) in [6.07, 6.45) is 8.56. The molecule has 1 fully saturated rings. The van der Waals surface area contributed by atoms with E-state index < -0.39 is 0 Å². The molecule has 0 aromatic carbocycles. The molecule has 1 aliphatic heterocycles. The first-order chi connectivity index (χ1) is 13.9. The van der Waals surface area contributed by atoms with Gasteiger partial charge >= 0.3 is 0 Å². The number of rotatable bonds is 4. The molecule has 29 heavy (non-hydrogen) atoms. The summed E-state index contributed by atoms with van der Waals surface area (Å²) < 4.78 is 1.52. The molecule has 154 valence electrons. The molecule has 0 radical (unpaired) electrons. The maximum absolute atomic E-state index is 13.0. The number of carbonyl (C=O) groups is 2. The average Bonchev–Trinajstić information content (AvgIpc) is 3.41. The van der Waals surface area contributed by atoms with Crippen LogP contribution in [0.2, 0.25) is 0 Å². The van der Waals surface area contributed by atoms with Crippen LogP contribution in [0.3, 0.4) is 0 Å². The number of carbonyl (C=O) groups excluding carboxylic acids is 2. The summed E-state index contributed by atoms with van der Waals surface area (Å²) in [6, 6.07) is 1.74. The Labute approximate surface area is 170 Å². The van der Waals surface area contributed by atoms with Gasteiger partial charge in [0.1, 0.15) is 11.7 Å². The van der Waals surface area contributed by atoms with E-state index in [9.17, 15) is 9.59 Å². The zero-order chi connectivity index (χ0) is 20.7. The van der Waals surface area contributed by atoms with E-state index in [1.54, 1.807) is 44.5 Å². The van der Waals surface area contributed by atoms with E-state index in [0.29, 0.717) is 23.4 Å². The normalized spacial score (nSPS) is 19.6. The van der Waals surface area contributed by atoms with Crippen LogP contribution in [-0.2, 0) is 4.79 Å². The third-order valence-electron chi connectivity index (χ3n) is 5.82. The summed E-state index contributed by atoms with van der Waals surface area (Å²) in [7, 11) is 5.16. The lowest BCUT2D eigenvalue weighted by Gasteiger charge is -2.43. The lowest BCUT2D eigenvalue weighted by atomic mass is 10.0. The first-order valence-electron chi connectivity index (χ1n) is 10.1. The maximum Gasteiger partial charge on any atom is 0.273 e. The molecule has 2 aromatic heterocycles. The molecular weight excluding hydrogens is 370 g/mol. The average molecular weight is 397 g/mol. The fourth-order valence-electron chi connectivity index (χ4n) is 4.26. The Morgan fingerprint density at radius 1 is 1.28 bits per heavy atom. The molecule has 2 amide bonds. The van der Waals surface area contributed by atoms with Crippen LogP contribution in [0.15, 0.2) is 18.5 Å². The van der Waals surface area contributed by atoms with Crippen molar-refractivity contribution in [2.24, 2.45) is 0 Å². The standard InChI is InChI=1S/C20H27N7O2/c1-5-15-19(29)25(4)16-12-21-20(22-17(16)27(15)13-8-6-7-9-13)26-11-10-14(23-26)18(28)24(2)3/h10-13,15H,5-9H2,1-4H3. The minimum absolute atomic E-state index is 0.0844. The first-order valence-corrected chi connectivity index (χ1v) is 10.1. The third kappa shape index (κ3) is 3.24. The van der Waals surface area contributed by atoms with Crippen LogP contribution in [0.1, 0.15) is 49.5 Å². The summed E-state index contributed by atoms with van der Waals surface area (Å²) >= 11 is 0. The smallest absolute Gasteiger partial charge is 0.273 e. The van der Waals surface area contributed by atoms with Crippen LogP contribution < -0.4 is 9.80 Å². The van der Waals surface area contributed by atoms with Crippen molar-refractivity contribution in [1.29, 1.82) is 0 Å². The number of hydrogen-bond acceptors (Lipinski definition) is 6. The van der Waals surface area contributed by atoms with Crippen LogP contribution in [0.4, 0.5) is 11.5 Å². The van der Waals surface area contributed by atoms with Gasteiger partial charge in [-0.25, -0.2) is 9.67 Å². The van der Waals surface area contributed by atoms with Gasteiger partial charge in [0, 0.05) is 33.4 Å². The zero-order valence-electron chi connectivity index (χ0n) is 17.4. The lowest BCUT2D eigenvalue weighted by molar-refractivity contribution is -0.120. The van der Waals surface area contributed by atoms with Crippen molar-refractivity contribution in [3.8, 4) is 5.95 Å². The van der Waals surface area contributed by atoms with Gasteiger partial charge in [-0.2, -0.15) is 10.1 Å². The van der Waals surface area contributed by atoms with Crippen molar-refractivity contribution in [2.75, 3.05) is 30.9 Å². The molecule has 1 atom stereocenters. The molecule has 1 saturated carbocycles. The minimum atomic E-state index is -0.221. The molecule has 1 unspecified atom stereocenters. The molecule has 2 aromatic rings. The molecule has 2 aliphatic rings. The summed E-state index contributed by atoms with van der Waals surface area (Å²) in [5, 5.41) is 4.35. The van der Waals surface area contributed by atoms with E-state index in [-0.39, 0.29) is 17.9 Å².